The quantitative estimate of drug-likeness (QED) is 0.774. The van der Waals surface area contributed by atoms with Gasteiger partial charge in [-0.05, 0) is 32.3 Å². The van der Waals surface area contributed by atoms with E-state index in [0.29, 0.717) is 0 Å². The van der Waals surface area contributed by atoms with Crippen molar-refractivity contribution in [2.45, 2.75) is 52.5 Å². The third kappa shape index (κ3) is 7.37. The molecule has 6 heteroatoms. The molecule has 0 bridgehead atoms. The van der Waals surface area contributed by atoms with E-state index in [2.05, 4.69) is 10.6 Å². The van der Waals surface area contributed by atoms with Gasteiger partial charge >= 0.3 is 12.0 Å². The molecule has 6 nitrogen and oxygen atoms in total. The Morgan fingerprint density at radius 3 is 2.24 bits per heavy atom. The third-order valence-electron chi connectivity index (χ3n) is 3.71. The summed E-state index contributed by atoms with van der Waals surface area (Å²) in [6.07, 6.45) is 0.800. The van der Waals surface area contributed by atoms with E-state index in [1.165, 1.54) is 0 Å². The maximum atomic E-state index is 12.5. The van der Waals surface area contributed by atoms with Gasteiger partial charge in [0.05, 0.1) is 5.92 Å². The van der Waals surface area contributed by atoms with Crippen molar-refractivity contribution in [1.29, 1.82) is 0 Å². The number of hydrogen-bond donors (Lipinski definition) is 2. The molecule has 0 radical (unpaired) electrons. The molecule has 1 rings (SSSR count). The van der Waals surface area contributed by atoms with Crippen molar-refractivity contribution >= 4 is 17.9 Å². The van der Waals surface area contributed by atoms with Crippen molar-refractivity contribution in [3.8, 4) is 0 Å². The lowest BCUT2D eigenvalue weighted by Gasteiger charge is -2.22. The summed E-state index contributed by atoms with van der Waals surface area (Å²) >= 11 is 0. The van der Waals surface area contributed by atoms with Gasteiger partial charge in [0.15, 0.2) is 6.61 Å². The highest BCUT2D eigenvalue weighted by Gasteiger charge is 2.28. The zero-order chi connectivity index (χ0) is 19.0. The number of amides is 3. The van der Waals surface area contributed by atoms with Crippen LogP contribution in [0.25, 0.3) is 0 Å². The van der Waals surface area contributed by atoms with Crippen LogP contribution < -0.4 is 10.6 Å². The second-order valence-corrected chi connectivity index (χ2v) is 7.13. The van der Waals surface area contributed by atoms with Gasteiger partial charge in [-0.2, -0.15) is 0 Å². The molecule has 0 aliphatic rings. The summed E-state index contributed by atoms with van der Waals surface area (Å²) in [5.74, 6) is -1.50. The van der Waals surface area contributed by atoms with Crippen LogP contribution in [0.4, 0.5) is 4.79 Å². The van der Waals surface area contributed by atoms with E-state index in [1.54, 1.807) is 20.8 Å². The first-order chi connectivity index (χ1) is 11.6. The molecular weight excluding hydrogens is 320 g/mol. The summed E-state index contributed by atoms with van der Waals surface area (Å²) in [5, 5.41) is 4.75. The molecule has 1 aromatic carbocycles. The molecule has 0 saturated carbocycles. The summed E-state index contributed by atoms with van der Waals surface area (Å²) in [4.78, 5) is 35.9. The number of ether oxygens (including phenoxy) is 1. The summed E-state index contributed by atoms with van der Waals surface area (Å²) in [7, 11) is 0. The first kappa shape index (κ1) is 20.7. The highest BCUT2D eigenvalue weighted by Crippen LogP contribution is 2.28. The minimum Gasteiger partial charge on any atom is -0.455 e. The minimum atomic E-state index is -0.661. The Balaban J connectivity index is 2.63. The molecule has 25 heavy (non-hydrogen) atoms. The molecule has 1 aromatic rings. The van der Waals surface area contributed by atoms with E-state index in [-0.39, 0.29) is 5.92 Å². The van der Waals surface area contributed by atoms with E-state index in [0.717, 1.165) is 12.0 Å². The predicted octanol–water partition coefficient (Wildman–Crippen LogP) is 2.98. The van der Waals surface area contributed by atoms with Gasteiger partial charge in [-0.3, -0.25) is 14.9 Å². The fourth-order valence-electron chi connectivity index (χ4n) is 2.35. The van der Waals surface area contributed by atoms with Gasteiger partial charge in [0.25, 0.3) is 5.91 Å². The van der Waals surface area contributed by atoms with Crippen LogP contribution in [0.2, 0.25) is 0 Å². The van der Waals surface area contributed by atoms with Crippen molar-refractivity contribution in [3.63, 3.8) is 0 Å². The lowest BCUT2D eigenvalue weighted by molar-refractivity contribution is -0.151. The van der Waals surface area contributed by atoms with E-state index in [9.17, 15) is 14.4 Å². The number of benzene rings is 1. The van der Waals surface area contributed by atoms with Gasteiger partial charge < -0.3 is 10.1 Å². The maximum absolute atomic E-state index is 12.5. The number of imide groups is 1. The molecule has 0 spiro atoms. The highest BCUT2D eigenvalue weighted by atomic mass is 16.5. The topological polar surface area (TPSA) is 84.5 Å². The van der Waals surface area contributed by atoms with Crippen LogP contribution in [0.3, 0.4) is 0 Å². The Bertz CT molecular complexity index is 593. The molecular formula is C19H28N2O4. The zero-order valence-electron chi connectivity index (χ0n) is 15.6. The Morgan fingerprint density at radius 2 is 1.72 bits per heavy atom. The maximum Gasteiger partial charge on any atom is 0.321 e. The van der Waals surface area contributed by atoms with E-state index in [1.807, 2.05) is 44.2 Å². The Kier molecular flexibility index (Phi) is 7.61. The van der Waals surface area contributed by atoms with Crippen molar-refractivity contribution < 1.29 is 19.1 Å². The van der Waals surface area contributed by atoms with Crippen LogP contribution in [0.15, 0.2) is 30.3 Å². The molecule has 0 aromatic heterocycles. The van der Waals surface area contributed by atoms with Gasteiger partial charge in [0.2, 0.25) is 0 Å². The number of rotatable bonds is 6. The van der Waals surface area contributed by atoms with Crippen LogP contribution in [0.5, 0.6) is 0 Å². The first-order valence-corrected chi connectivity index (χ1v) is 8.47. The van der Waals surface area contributed by atoms with Gasteiger partial charge in [0, 0.05) is 5.54 Å². The van der Waals surface area contributed by atoms with Gasteiger partial charge in [-0.25, -0.2) is 4.79 Å². The molecule has 138 valence electrons. The Morgan fingerprint density at radius 1 is 1.12 bits per heavy atom. The number of hydrogen-bond acceptors (Lipinski definition) is 4. The number of esters is 1. The molecule has 2 N–H and O–H groups in total. The van der Waals surface area contributed by atoms with Crippen LogP contribution in [0, 0.1) is 5.92 Å². The summed E-state index contributed by atoms with van der Waals surface area (Å²) in [6, 6.07) is 8.73. The van der Waals surface area contributed by atoms with Crippen LogP contribution in [-0.4, -0.2) is 30.1 Å². The normalized spacial score (nSPS) is 13.5. The van der Waals surface area contributed by atoms with Gasteiger partial charge in [-0.1, -0.05) is 50.6 Å². The Labute approximate surface area is 149 Å². The van der Waals surface area contributed by atoms with Crippen LogP contribution >= 0.6 is 0 Å². The molecule has 0 aliphatic carbocycles. The van der Waals surface area contributed by atoms with Gasteiger partial charge in [0.1, 0.15) is 0 Å². The average Bonchev–Trinajstić information content (AvgIpc) is 2.52. The standard InChI is InChI=1S/C19H28N2O4/c1-6-13(2)16(14-10-8-7-9-11-14)17(23)25-12-15(22)20-18(24)21-19(3,4)5/h7-11,13,16H,6,12H2,1-5H3,(H2,20,21,22,24)/t13-,16+/m1/s1. The van der Waals surface area contributed by atoms with Crippen molar-refractivity contribution in [2.24, 2.45) is 5.92 Å². The second-order valence-electron chi connectivity index (χ2n) is 7.13. The molecule has 0 fully saturated rings. The average molecular weight is 348 g/mol. The minimum absolute atomic E-state index is 0.0714. The fourth-order valence-corrected chi connectivity index (χ4v) is 2.35. The molecule has 3 amide bonds. The smallest absolute Gasteiger partial charge is 0.321 e. The second kappa shape index (κ2) is 9.20. The van der Waals surface area contributed by atoms with Crippen molar-refractivity contribution in [2.75, 3.05) is 6.61 Å². The molecule has 0 heterocycles. The largest absolute Gasteiger partial charge is 0.455 e. The number of carbonyl (C=O) groups excluding carboxylic acids is 3. The van der Waals surface area contributed by atoms with Gasteiger partial charge in [-0.15, -0.1) is 0 Å². The lowest BCUT2D eigenvalue weighted by Crippen LogP contribution is -2.49. The third-order valence-corrected chi connectivity index (χ3v) is 3.71. The lowest BCUT2D eigenvalue weighted by atomic mass is 9.86. The van der Waals surface area contributed by atoms with E-state index >= 15 is 0 Å². The number of carbonyl (C=O) groups is 3. The SMILES string of the molecule is CC[C@@H](C)[C@H](C(=O)OCC(=O)NC(=O)NC(C)(C)C)c1ccccc1. The molecule has 0 unspecified atom stereocenters. The molecule has 0 aliphatic heterocycles. The summed E-state index contributed by atoms with van der Waals surface area (Å²) in [5.41, 5.74) is 0.392. The highest BCUT2D eigenvalue weighted by molar-refractivity contribution is 5.96. The fraction of sp³-hybridized carbons (Fsp3) is 0.526. The molecule has 2 atom stereocenters. The van der Waals surface area contributed by atoms with Crippen molar-refractivity contribution in [3.05, 3.63) is 35.9 Å². The Hall–Kier alpha value is -2.37. The number of nitrogens with one attached hydrogen (secondary N) is 2. The van der Waals surface area contributed by atoms with E-state index in [4.69, 9.17) is 4.74 Å². The van der Waals surface area contributed by atoms with E-state index < -0.39 is 36.0 Å². The summed E-state index contributed by atoms with van der Waals surface area (Å²) < 4.78 is 5.14. The van der Waals surface area contributed by atoms with Crippen LogP contribution in [0.1, 0.15) is 52.5 Å². The molecule has 0 saturated heterocycles. The first-order valence-electron chi connectivity index (χ1n) is 8.47. The predicted molar refractivity (Wildman–Crippen MR) is 96.0 cm³/mol. The van der Waals surface area contributed by atoms with Crippen molar-refractivity contribution in [1.82, 2.24) is 10.6 Å². The summed E-state index contributed by atoms with van der Waals surface area (Å²) in [6.45, 7) is 8.87. The number of urea groups is 1. The monoisotopic (exact) mass is 348 g/mol. The zero-order valence-corrected chi connectivity index (χ0v) is 15.6. The van der Waals surface area contributed by atoms with Crippen LogP contribution in [-0.2, 0) is 14.3 Å².